The summed E-state index contributed by atoms with van der Waals surface area (Å²) in [5.74, 6) is -5.28. The molecule has 0 bridgehead atoms. The van der Waals surface area contributed by atoms with E-state index in [1.165, 1.54) is 18.2 Å². The Kier molecular flexibility index (Phi) is 3.85. The Morgan fingerprint density at radius 1 is 1.10 bits per heavy atom. The van der Waals surface area contributed by atoms with Crippen molar-refractivity contribution >= 4 is 28.9 Å². The zero-order chi connectivity index (χ0) is 14.9. The molecule has 2 aromatic rings. The molecule has 0 heterocycles. The number of anilines is 2. The molecule has 0 spiro atoms. The third-order valence-electron chi connectivity index (χ3n) is 2.52. The molecule has 7 heteroatoms. The molecule has 2 aromatic carbocycles. The third-order valence-corrected chi connectivity index (χ3v) is 2.85. The Hall–Kier alpha value is -2.21. The summed E-state index contributed by atoms with van der Waals surface area (Å²) in [4.78, 5) is 11.9. The van der Waals surface area contributed by atoms with Gasteiger partial charge in [0.1, 0.15) is 0 Å². The van der Waals surface area contributed by atoms with Crippen molar-refractivity contribution in [1.29, 1.82) is 0 Å². The highest BCUT2D eigenvalue weighted by Gasteiger charge is 2.17. The Morgan fingerprint density at radius 2 is 1.80 bits per heavy atom. The summed E-state index contributed by atoms with van der Waals surface area (Å²) in [5, 5.41) is 2.20. The van der Waals surface area contributed by atoms with Crippen LogP contribution in [-0.2, 0) is 0 Å². The lowest BCUT2D eigenvalue weighted by molar-refractivity contribution is 0.102. The van der Waals surface area contributed by atoms with Gasteiger partial charge in [0, 0.05) is 5.69 Å². The number of nitrogens with two attached hydrogens (primary N) is 1. The quantitative estimate of drug-likeness (QED) is 0.658. The van der Waals surface area contributed by atoms with Gasteiger partial charge >= 0.3 is 0 Å². The van der Waals surface area contributed by atoms with E-state index in [1.54, 1.807) is 0 Å². The van der Waals surface area contributed by atoms with Crippen LogP contribution in [0.15, 0.2) is 30.3 Å². The van der Waals surface area contributed by atoms with Crippen molar-refractivity contribution in [2.45, 2.75) is 0 Å². The lowest BCUT2D eigenvalue weighted by Crippen LogP contribution is -2.14. The van der Waals surface area contributed by atoms with Crippen molar-refractivity contribution in [2.24, 2.45) is 0 Å². The third kappa shape index (κ3) is 2.70. The zero-order valence-electron chi connectivity index (χ0n) is 9.88. The molecule has 1 amide bonds. The Bertz CT molecular complexity index is 692. The number of hydrogen-bond acceptors (Lipinski definition) is 2. The minimum Gasteiger partial charge on any atom is -0.399 e. The molecule has 0 radical (unpaired) electrons. The van der Waals surface area contributed by atoms with Crippen molar-refractivity contribution < 1.29 is 18.0 Å². The maximum Gasteiger partial charge on any atom is 0.257 e. The van der Waals surface area contributed by atoms with Crippen molar-refractivity contribution in [3.8, 4) is 0 Å². The van der Waals surface area contributed by atoms with Crippen LogP contribution in [0.5, 0.6) is 0 Å². The predicted octanol–water partition coefficient (Wildman–Crippen LogP) is 3.59. The van der Waals surface area contributed by atoms with Gasteiger partial charge in [-0.3, -0.25) is 4.79 Å². The topological polar surface area (TPSA) is 55.1 Å². The molecule has 0 aliphatic carbocycles. The van der Waals surface area contributed by atoms with E-state index < -0.39 is 29.0 Å². The van der Waals surface area contributed by atoms with Crippen molar-refractivity contribution in [2.75, 3.05) is 11.1 Å². The molecular weight excluding hydrogens is 293 g/mol. The summed E-state index contributed by atoms with van der Waals surface area (Å²) < 4.78 is 39.2. The number of hydrogen-bond donors (Lipinski definition) is 2. The fourth-order valence-corrected chi connectivity index (χ4v) is 1.73. The second-order valence-electron chi connectivity index (χ2n) is 3.92. The first kappa shape index (κ1) is 14.2. The van der Waals surface area contributed by atoms with Crippen LogP contribution in [0, 0.1) is 17.5 Å². The lowest BCUT2D eigenvalue weighted by Gasteiger charge is -2.09. The fraction of sp³-hybridized carbons (Fsp3) is 0. The largest absolute Gasteiger partial charge is 0.399 e. The Labute approximate surface area is 117 Å². The predicted molar refractivity (Wildman–Crippen MR) is 70.1 cm³/mol. The summed E-state index contributed by atoms with van der Waals surface area (Å²) >= 11 is 5.81. The summed E-state index contributed by atoms with van der Waals surface area (Å²) in [7, 11) is 0. The monoisotopic (exact) mass is 300 g/mol. The van der Waals surface area contributed by atoms with E-state index in [2.05, 4.69) is 5.32 Å². The molecule has 3 nitrogen and oxygen atoms in total. The van der Waals surface area contributed by atoms with Gasteiger partial charge in [-0.25, -0.2) is 13.2 Å². The summed E-state index contributed by atoms with van der Waals surface area (Å²) in [6, 6.07) is 5.78. The van der Waals surface area contributed by atoms with Crippen LogP contribution in [0.3, 0.4) is 0 Å². The van der Waals surface area contributed by atoms with E-state index >= 15 is 0 Å². The summed E-state index contributed by atoms with van der Waals surface area (Å²) in [6.07, 6.45) is 0. The maximum atomic E-state index is 13.4. The Balaban J connectivity index is 2.33. The first-order valence-corrected chi connectivity index (χ1v) is 5.78. The van der Waals surface area contributed by atoms with Crippen LogP contribution in [-0.4, -0.2) is 5.91 Å². The van der Waals surface area contributed by atoms with Crippen LogP contribution in [0.2, 0.25) is 5.02 Å². The first-order chi connectivity index (χ1) is 9.40. The first-order valence-electron chi connectivity index (χ1n) is 5.40. The van der Waals surface area contributed by atoms with E-state index in [1.807, 2.05) is 0 Å². The number of nitrogen functional groups attached to an aromatic ring is 1. The highest BCUT2D eigenvalue weighted by atomic mass is 35.5. The van der Waals surface area contributed by atoms with E-state index in [0.29, 0.717) is 6.07 Å². The normalized spacial score (nSPS) is 10.4. The lowest BCUT2D eigenvalue weighted by atomic mass is 10.2. The Morgan fingerprint density at radius 3 is 2.50 bits per heavy atom. The number of benzene rings is 2. The molecule has 0 atom stereocenters. The van der Waals surface area contributed by atoms with E-state index in [4.69, 9.17) is 17.3 Å². The number of carbonyl (C=O) groups excluding carboxylic acids is 1. The van der Waals surface area contributed by atoms with Gasteiger partial charge in [0.15, 0.2) is 17.5 Å². The van der Waals surface area contributed by atoms with Gasteiger partial charge in [-0.2, -0.15) is 0 Å². The van der Waals surface area contributed by atoms with Crippen LogP contribution in [0.4, 0.5) is 24.5 Å². The molecule has 0 aromatic heterocycles. The van der Waals surface area contributed by atoms with Crippen molar-refractivity contribution in [3.05, 3.63) is 58.4 Å². The second-order valence-corrected chi connectivity index (χ2v) is 4.32. The standard InChI is InChI=1S/C13H8ClF3N2O/c14-8-2-1-6(18)5-7(8)13(20)19-10-4-3-9(15)11(16)12(10)17/h1-5H,18H2,(H,19,20). The highest BCUT2D eigenvalue weighted by molar-refractivity contribution is 6.34. The fourth-order valence-electron chi connectivity index (χ4n) is 1.53. The number of amides is 1. The van der Waals surface area contributed by atoms with Gasteiger partial charge in [-0.15, -0.1) is 0 Å². The molecule has 0 aliphatic rings. The molecule has 0 saturated heterocycles. The van der Waals surface area contributed by atoms with Crippen molar-refractivity contribution in [3.63, 3.8) is 0 Å². The van der Waals surface area contributed by atoms with Gasteiger partial charge in [-0.1, -0.05) is 11.6 Å². The van der Waals surface area contributed by atoms with Crippen molar-refractivity contribution in [1.82, 2.24) is 0 Å². The van der Waals surface area contributed by atoms with Crippen LogP contribution in [0.25, 0.3) is 0 Å². The van der Waals surface area contributed by atoms with Gasteiger partial charge in [-0.05, 0) is 30.3 Å². The average Bonchev–Trinajstić information content (AvgIpc) is 2.42. The average molecular weight is 301 g/mol. The maximum absolute atomic E-state index is 13.4. The molecule has 0 fully saturated rings. The molecule has 0 saturated carbocycles. The van der Waals surface area contributed by atoms with E-state index in [9.17, 15) is 18.0 Å². The SMILES string of the molecule is Nc1ccc(Cl)c(C(=O)Nc2ccc(F)c(F)c2F)c1. The van der Waals surface area contributed by atoms with Gasteiger partial charge in [0.05, 0.1) is 16.3 Å². The van der Waals surface area contributed by atoms with Gasteiger partial charge in [0.25, 0.3) is 5.91 Å². The van der Waals surface area contributed by atoms with E-state index in [0.717, 1.165) is 6.07 Å². The van der Waals surface area contributed by atoms with Crippen LogP contribution < -0.4 is 11.1 Å². The van der Waals surface area contributed by atoms with E-state index in [-0.39, 0.29) is 16.3 Å². The molecule has 0 aliphatic heterocycles. The zero-order valence-corrected chi connectivity index (χ0v) is 10.6. The van der Waals surface area contributed by atoms with Gasteiger partial charge < -0.3 is 11.1 Å². The highest BCUT2D eigenvalue weighted by Crippen LogP contribution is 2.23. The van der Waals surface area contributed by atoms with Crippen LogP contribution >= 0.6 is 11.6 Å². The minimum absolute atomic E-state index is 0.00389. The smallest absolute Gasteiger partial charge is 0.257 e. The minimum atomic E-state index is -1.67. The molecule has 20 heavy (non-hydrogen) atoms. The molecular formula is C13H8ClF3N2O. The molecule has 3 N–H and O–H groups in total. The number of rotatable bonds is 2. The number of halogens is 4. The second kappa shape index (κ2) is 5.42. The molecule has 0 unspecified atom stereocenters. The summed E-state index contributed by atoms with van der Waals surface area (Å²) in [5.41, 5.74) is 5.30. The summed E-state index contributed by atoms with van der Waals surface area (Å²) in [6.45, 7) is 0. The van der Waals surface area contributed by atoms with Gasteiger partial charge in [0.2, 0.25) is 0 Å². The molecule has 104 valence electrons. The van der Waals surface area contributed by atoms with Crippen LogP contribution in [0.1, 0.15) is 10.4 Å². The molecule has 2 rings (SSSR count). The number of nitrogens with one attached hydrogen (secondary N) is 1. The number of carbonyl (C=O) groups is 1.